The van der Waals surface area contributed by atoms with E-state index in [0.717, 1.165) is 10.0 Å². The van der Waals surface area contributed by atoms with Crippen molar-refractivity contribution in [1.82, 2.24) is 5.32 Å². The molecular formula is C14H16BrNO4. The minimum absolute atomic E-state index is 0.0441. The van der Waals surface area contributed by atoms with Gasteiger partial charge in [-0.2, -0.15) is 0 Å². The molecule has 0 aromatic heterocycles. The Hall–Kier alpha value is -1.82. The van der Waals surface area contributed by atoms with E-state index in [1.165, 1.54) is 6.08 Å². The molecule has 0 aliphatic rings. The first kappa shape index (κ1) is 16.2. The SMILES string of the molecule is C=CCOC(=O)NC(CCc1ccccc1Br)C(=O)O. The van der Waals surface area contributed by atoms with Gasteiger partial charge in [0.05, 0.1) is 0 Å². The second-order valence-electron chi connectivity index (χ2n) is 4.05. The molecule has 0 fully saturated rings. The fourth-order valence-corrected chi connectivity index (χ4v) is 2.06. The molecular weight excluding hydrogens is 326 g/mol. The lowest BCUT2D eigenvalue weighted by atomic mass is 10.1. The number of hydrogen-bond donors (Lipinski definition) is 2. The van der Waals surface area contributed by atoms with E-state index < -0.39 is 18.1 Å². The van der Waals surface area contributed by atoms with Gasteiger partial charge in [0.1, 0.15) is 12.6 Å². The van der Waals surface area contributed by atoms with Gasteiger partial charge in [-0.25, -0.2) is 9.59 Å². The fourth-order valence-electron chi connectivity index (χ4n) is 1.58. The van der Waals surface area contributed by atoms with Crippen molar-refractivity contribution in [2.24, 2.45) is 0 Å². The third-order valence-corrected chi connectivity index (χ3v) is 3.36. The Kier molecular flexibility index (Phi) is 6.79. The molecule has 6 heteroatoms. The van der Waals surface area contributed by atoms with Gasteiger partial charge in [-0.05, 0) is 24.5 Å². The molecule has 1 aromatic rings. The zero-order chi connectivity index (χ0) is 15.0. The Morgan fingerprint density at radius 3 is 2.75 bits per heavy atom. The molecule has 0 spiro atoms. The lowest BCUT2D eigenvalue weighted by Crippen LogP contribution is -2.41. The lowest BCUT2D eigenvalue weighted by Gasteiger charge is -2.14. The van der Waals surface area contributed by atoms with Crippen LogP contribution in [0.2, 0.25) is 0 Å². The van der Waals surface area contributed by atoms with E-state index in [-0.39, 0.29) is 13.0 Å². The largest absolute Gasteiger partial charge is 0.480 e. The number of benzene rings is 1. The first-order valence-corrected chi connectivity index (χ1v) is 6.84. The van der Waals surface area contributed by atoms with E-state index in [0.29, 0.717) is 6.42 Å². The number of carboxylic acids is 1. The zero-order valence-electron chi connectivity index (χ0n) is 10.8. The van der Waals surface area contributed by atoms with Gasteiger partial charge in [0.15, 0.2) is 0 Å². The molecule has 1 unspecified atom stereocenters. The van der Waals surface area contributed by atoms with Gasteiger partial charge >= 0.3 is 12.1 Å². The quantitative estimate of drug-likeness (QED) is 0.747. The first-order valence-electron chi connectivity index (χ1n) is 6.05. The summed E-state index contributed by atoms with van der Waals surface area (Å²) in [7, 11) is 0. The number of carboxylic acid groups (broad SMARTS) is 1. The maximum atomic E-state index is 11.3. The second kappa shape index (κ2) is 8.37. The van der Waals surface area contributed by atoms with Crippen LogP contribution in [0.5, 0.6) is 0 Å². The van der Waals surface area contributed by atoms with Crippen molar-refractivity contribution >= 4 is 28.0 Å². The minimum atomic E-state index is -1.09. The predicted molar refractivity (Wildman–Crippen MR) is 78.6 cm³/mol. The number of rotatable bonds is 7. The monoisotopic (exact) mass is 341 g/mol. The van der Waals surface area contributed by atoms with Gasteiger partial charge in [-0.3, -0.25) is 0 Å². The van der Waals surface area contributed by atoms with E-state index in [9.17, 15) is 9.59 Å². The molecule has 5 nitrogen and oxygen atoms in total. The van der Waals surface area contributed by atoms with Gasteiger partial charge < -0.3 is 15.2 Å². The maximum Gasteiger partial charge on any atom is 0.408 e. The molecule has 0 bridgehead atoms. The highest BCUT2D eigenvalue weighted by Crippen LogP contribution is 2.18. The molecule has 0 saturated heterocycles. The summed E-state index contributed by atoms with van der Waals surface area (Å²) in [6, 6.07) is 6.56. The lowest BCUT2D eigenvalue weighted by molar-refractivity contribution is -0.139. The van der Waals surface area contributed by atoms with Gasteiger partial charge in [0.25, 0.3) is 0 Å². The number of carbonyl (C=O) groups is 2. The Bertz CT molecular complexity index is 490. The summed E-state index contributed by atoms with van der Waals surface area (Å²) in [4.78, 5) is 22.5. The highest BCUT2D eigenvalue weighted by atomic mass is 79.9. The number of aryl methyl sites for hydroxylation is 1. The summed E-state index contributed by atoms with van der Waals surface area (Å²) in [6.45, 7) is 3.45. The molecule has 0 radical (unpaired) electrons. The van der Waals surface area contributed by atoms with Crippen LogP contribution in [0.25, 0.3) is 0 Å². The average Bonchev–Trinajstić information content (AvgIpc) is 2.42. The predicted octanol–water partition coefficient (Wildman–Crippen LogP) is 2.75. The van der Waals surface area contributed by atoms with Crippen molar-refractivity contribution in [2.75, 3.05) is 6.61 Å². The standard InChI is InChI=1S/C14H16BrNO4/c1-2-9-20-14(19)16-12(13(17)18)8-7-10-5-3-4-6-11(10)15/h2-6,12H,1,7-9H2,(H,16,19)(H,17,18). The van der Waals surface area contributed by atoms with Gasteiger partial charge in [-0.1, -0.05) is 46.8 Å². The highest BCUT2D eigenvalue weighted by Gasteiger charge is 2.20. The molecule has 0 saturated carbocycles. The number of amides is 1. The van der Waals surface area contributed by atoms with Crippen LogP contribution in [0.4, 0.5) is 4.79 Å². The number of ether oxygens (including phenoxy) is 1. The van der Waals surface area contributed by atoms with Gasteiger partial charge in [0.2, 0.25) is 0 Å². The zero-order valence-corrected chi connectivity index (χ0v) is 12.4. The van der Waals surface area contributed by atoms with Crippen LogP contribution in [0.15, 0.2) is 41.4 Å². The van der Waals surface area contributed by atoms with E-state index in [1.807, 2.05) is 24.3 Å². The molecule has 1 atom stereocenters. The summed E-state index contributed by atoms with van der Waals surface area (Å²) in [5.41, 5.74) is 0.986. The van der Waals surface area contributed by atoms with Crippen molar-refractivity contribution < 1.29 is 19.4 Å². The van der Waals surface area contributed by atoms with Gasteiger partial charge in [-0.15, -0.1) is 0 Å². The number of carbonyl (C=O) groups excluding carboxylic acids is 1. The van der Waals surface area contributed by atoms with Crippen molar-refractivity contribution in [3.8, 4) is 0 Å². The first-order chi connectivity index (χ1) is 9.54. The molecule has 1 rings (SSSR count). The number of hydrogen-bond acceptors (Lipinski definition) is 3. The van der Waals surface area contributed by atoms with E-state index in [2.05, 4.69) is 27.8 Å². The van der Waals surface area contributed by atoms with E-state index in [4.69, 9.17) is 9.84 Å². The third-order valence-electron chi connectivity index (χ3n) is 2.58. The Morgan fingerprint density at radius 2 is 2.15 bits per heavy atom. The molecule has 0 aliphatic carbocycles. The normalized spacial score (nSPS) is 11.4. The Balaban J connectivity index is 2.55. The second-order valence-corrected chi connectivity index (χ2v) is 4.91. The van der Waals surface area contributed by atoms with Crippen molar-refractivity contribution in [2.45, 2.75) is 18.9 Å². The molecule has 1 aromatic carbocycles. The number of nitrogens with one attached hydrogen (secondary N) is 1. The molecule has 1 amide bonds. The van der Waals surface area contributed by atoms with Gasteiger partial charge in [0, 0.05) is 4.47 Å². The van der Waals surface area contributed by atoms with Crippen molar-refractivity contribution in [3.63, 3.8) is 0 Å². The number of halogens is 1. The summed E-state index contributed by atoms with van der Waals surface area (Å²) in [5.74, 6) is -1.09. The van der Waals surface area contributed by atoms with Crippen LogP contribution in [-0.4, -0.2) is 29.8 Å². The maximum absolute atomic E-state index is 11.3. The van der Waals surface area contributed by atoms with Crippen LogP contribution >= 0.6 is 15.9 Å². The number of aliphatic carboxylic acids is 1. The van der Waals surface area contributed by atoms with Crippen molar-refractivity contribution in [3.05, 3.63) is 47.0 Å². The van der Waals surface area contributed by atoms with Crippen LogP contribution in [-0.2, 0) is 16.0 Å². The van der Waals surface area contributed by atoms with E-state index in [1.54, 1.807) is 0 Å². The van der Waals surface area contributed by atoms with Crippen LogP contribution in [0, 0.1) is 0 Å². The summed E-state index contributed by atoms with van der Waals surface area (Å²) >= 11 is 3.40. The smallest absolute Gasteiger partial charge is 0.408 e. The molecule has 2 N–H and O–H groups in total. The Morgan fingerprint density at radius 1 is 1.45 bits per heavy atom. The topological polar surface area (TPSA) is 75.6 Å². The minimum Gasteiger partial charge on any atom is -0.480 e. The summed E-state index contributed by atoms with van der Waals surface area (Å²) in [6.07, 6.45) is 1.46. The Labute approximate surface area is 125 Å². The molecule has 0 aliphatic heterocycles. The van der Waals surface area contributed by atoms with Crippen LogP contribution < -0.4 is 5.32 Å². The molecule has 0 heterocycles. The number of alkyl carbamates (subject to hydrolysis) is 1. The van der Waals surface area contributed by atoms with Crippen molar-refractivity contribution in [1.29, 1.82) is 0 Å². The molecule has 20 heavy (non-hydrogen) atoms. The third kappa shape index (κ3) is 5.44. The summed E-state index contributed by atoms with van der Waals surface area (Å²) in [5, 5.41) is 11.4. The summed E-state index contributed by atoms with van der Waals surface area (Å²) < 4.78 is 5.62. The van der Waals surface area contributed by atoms with E-state index >= 15 is 0 Å². The average molecular weight is 342 g/mol. The fraction of sp³-hybridized carbons (Fsp3) is 0.286. The van der Waals surface area contributed by atoms with Crippen LogP contribution in [0.1, 0.15) is 12.0 Å². The van der Waals surface area contributed by atoms with Crippen LogP contribution in [0.3, 0.4) is 0 Å². The molecule has 108 valence electrons. The highest BCUT2D eigenvalue weighted by molar-refractivity contribution is 9.10.